The first-order valence-corrected chi connectivity index (χ1v) is 14.8. The molecular weight excluding hydrogens is 457 g/mol. The summed E-state index contributed by atoms with van der Waals surface area (Å²) < 4.78 is 22.9. The van der Waals surface area contributed by atoms with Gasteiger partial charge < -0.3 is 14.1 Å². The van der Waals surface area contributed by atoms with Crippen LogP contribution < -0.4 is 0 Å². The first kappa shape index (κ1) is 27.1. The lowest BCUT2D eigenvalue weighted by Crippen LogP contribution is -2.60. The van der Waals surface area contributed by atoms with Crippen LogP contribution >= 0.6 is 0 Å². The van der Waals surface area contributed by atoms with Crippen molar-refractivity contribution in [2.75, 3.05) is 0 Å². The minimum Gasteiger partial charge on any atom is -0.479 e. The average Bonchev–Trinajstić information content (AvgIpc) is 3.12. The Hall–Kier alpha value is -2.44. The van der Waals surface area contributed by atoms with Gasteiger partial charge in [-0.15, -0.1) is 0 Å². The van der Waals surface area contributed by atoms with Gasteiger partial charge >= 0.3 is 5.97 Å². The number of carbonyl (C=O) groups is 1. The average molecular weight is 497 g/mol. The highest BCUT2D eigenvalue weighted by molar-refractivity contribution is 6.48. The summed E-state index contributed by atoms with van der Waals surface area (Å²) in [5.41, 5.74) is 0.338. The summed E-state index contributed by atoms with van der Waals surface area (Å²) in [5, 5.41) is 12.2. The van der Waals surface area contributed by atoms with E-state index in [0.717, 1.165) is 22.0 Å². The Morgan fingerprint density at radius 1 is 1.06 bits per heavy atom. The third-order valence-electron chi connectivity index (χ3n) is 7.69. The normalized spacial score (nSPS) is 16.0. The summed E-state index contributed by atoms with van der Waals surface area (Å²) in [6.45, 7) is 18.5. The number of halogens is 1. The zero-order valence-corrected chi connectivity index (χ0v) is 23.5. The van der Waals surface area contributed by atoms with Gasteiger partial charge in [0.25, 0.3) is 0 Å². The molecule has 0 spiro atoms. The Morgan fingerprint density at radius 2 is 1.63 bits per heavy atom. The van der Waals surface area contributed by atoms with Crippen molar-refractivity contribution >= 4 is 25.9 Å². The fraction of sp³-hybridized carbons (Fsp3) is 0.483. The molecule has 1 N–H and O–H groups in total. The number of hydrogen-bond donors (Lipinski definition) is 1. The van der Waals surface area contributed by atoms with Gasteiger partial charge in [-0.05, 0) is 62.5 Å². The van der Waals surface area contributed by atoms with Crippen LogP contribution in [0, 0.1) is 16.6 Å². The molecule has 189 valence electrons. The Balaban J connectivity index is 2.69. The number of benzene rings is 2. The van der Waals surface area contributed by atoms with Crippen LogP contribution in [0.4, 0.5) is 4.39 Å². The second-order valence-electron chi connectivity index (χ2n) is 11.1. The fourth-order valence-electron chi connectivity index (χ4n) is 5.47. The number of fused-ring (bicyclic) bond motifs is 1. The molecule has 0 aliphatic carbocycles. The van der Waals surface area contributed by atoms with Gasteiger partial charge in [0.05, 0.1) is 5.69 Å². The van der Waals surface area contributed by atoms with E-state index in [-0.39, 0.29) is 11.9 Å². The van der Waals surface area contributed by atoms with Crippen molar-refractivity contribution in [2.24, 2.45) is 10.8 Å². The molecule has 0 aliphatic heterocycles. The smallest absolute Gasteiger partial charge is 0.341 e. The van der Waals surface area contributed by atoms with E-state index in [2.05, 4.69) is 39.2 Å². The van der Waals surface area contributed by atoms with Crippen LogP contribution in [0.2, 0.25) is 13.1 Å². The summed E-state index contributed by atoms with van der Waals surface area (Å²) >= 11 is 0. The first-order valence-electron chi connectivity index (χ1n) is 12.3. The summed E-state index contributed by atoms with van der Waals surface area (Å²) in [7, 11) is -1.47. The molecule has 1 aromatic heterocycles. The molecule has 2 aromatic carbocycles. The maximum atomic E-state index is 14.0. The Morgan fingerprint density at radius 3 is 2.09 bits per heavy atom. The third-order valence-corrected chi connectivity index (χ3v) is 8.41. The lowest BCUT2D eigenvalue weighted by molar-refractivity contribution is -0.186. The van der Waals surface area contributed by atoms with Crippen molar-refractivity contribution in [2.45, 2.75) is 79.6 Å². The molecule has 6 heteroatoms. The topological polar surface area (TPSA) is 51.5 Å². The number of rotatable bonds is 8. The molecule has 1 unspecified atom stereocenters. The highest BCUT2D eigenvalue weighted by Gasteiger charge is 2.63. The van der Waals surface area contributed by atoms with E-state index >= 15 is 0 Å². The van der Waals surface area contributed by atoms with Crippen molar-refractivity contribution in [3.05, 3.63) is 60.0 Å². The van der Waals surface area contributed by atoms with Gasteiger partial charge in [-0.2, -0.15) is 0 Å². The molecule has 0 bridgehead atoms. The first-order chi connectivity index (χ1) is 16.2. The quantitative estimate of drug-likeness (QED) is 0.321. The number of aromatic nitrogens is 1. The van der Waals surface area contributed by atoms with E-state index in [9.17, 15) is 14.3 Å². The lowest BCUT2D eigenvalue weighted by Gasteiger charge is -2.54. The molecule has 3 rings (SSSR count). The van der Waals surface area contributed by atoms with Gasteiger partial charge in [0.15, 0.2) is 0 Å². The highest BCUT2D eigenvalue weighted by Crippen LogP contribution is 2.59. The van der Waals surface area contributed by atoms with E-state index in [1.54, 1.807) is 12.1 Å². The molecule has 0 saturated heterocycles. The number of carboxylic acid groups (broad SMARTS) is 1. The summed E-state index contributed by atoms with van der Waals surface area (Å²) in [6, 6.07) is 14.3. The number of aliphatic carboxylic acids is 1. The fourth-order valence-corrected chi connectivity index (χ4v) is 6.49. The molecule has 4 nitrogen and oxygen atoms in total. The summed E-state index contributed by atoms with van der Waals surface area (Å²) in [4.78, 5) is 13.7. The maximum absolute atomic E-state index is 14.0. The molecule has 0 fully saturated rings. The van der Waals surface area contributed by atoms with Gasteiger partial charge in [0, 0.05) is 27.9 Å². The molecule has 2 atom stereocenters. The van der Waals surface area contributed by atoms with Crippen LogP contribution in [-0.2, 0) is 14.8 Å². The zero-order chi connectivity index (χ0) is 26.3. The molecule has 1 heterocycles. The Labute approximate surface area is 210 Å². The minimum atomic E-state index is -1.63. The van der Waals surface area contributed by atoms with Crippen LogP contribution in [0.3, 0.4) is 0 Å². The molecule has 0 saturated carbocycles. The third kappa shape index (κ3) is 4.25. The van der Waals surface area contributed by atoms with Crippen LogP contribution in [0.15, 0.2) is 48.5 Å². The van der Waals surface area contributed by atoms with E-state index in [1.807, 2.05) is 51.2 Å². The maximum Gasteiger partial charge on any atom is 0.341 e. The Kier molecular flexibility index (Phi) is 7.41. The molecule has 0 amide bonds. The monoisotopic (exact) mass is 496 g/mol. The van der Waals surface area contributed by atoms with Crippen LogP contribution in [-0.4, -0.2) is 24.7 Å². The van der Waals surface area contributed by atoms with Crippen molar-refractivity contribution in [3.63, 3.8) is 0 Å². The van der Waals surface area contributed by atoms with Gasteiger partial charge in [-0.25, -0.2) is 9.18 Å². The van der Waals surface area contributed by atoms with Gasteiger partial charge in [0.2, 0.25) is 14.6 Å². The predicted molar refractivity (Wildman–Crippen MR) is 143 cm³/mol. The van der Waals surface area contributed by atoms with E-state index < -0.39 is 31.4 Å². The number of nitrogens with zero attached hydrogens (tertiary/aromatic N) is 1. The SMILES string of the molecule is CC[C@@](C)(C(C)(C)C)C(O[Si](C)C)(C(=O)O)c1c(-c2ccc(F)cc2)c2ccccc2n1C(C)C. The number of hydrogen-bond acceptors (Lipinski definition) is 2. The van der Waals surface area contributed by atoms with E-state index in [4.69, 9.17) is 4.43 Å². The summed E-state index contributed by atoms with van der Waals surface area (Å²) in [6.07, 6.45) is 0.598. The molecule has 1 radical (unpaired) electrons. The standard InChI is InChI=1S/C29H39FNO3Si/c1-10-28(7,27(4,5)6)29(26(32)33,34-35(8)9)25-24(20-15-17-21(30)18-16-20)22-13-11-12-14-23(22)31(25)19(2)3/h11-19H,10H2,1-9H3,(H,32,33)/t28-,29?/m0/s1. The van der Waals surface area contributed by atoms with E-state index in [0.29, 0.717) is 12.1 Å². The van der Waals surface area contributed by atoms with Crippen molar-refractivity contribution < 1.29 is 18.7 Å². The van der Waals surface area contributed by atoms with E-state index in [1.165, 1.54) is 12.1 Å². The zero-order valence-electron chi connectivity index (χ0n) is 22.5. The number of para-hydroxylation sites is 1. The van der Waals surface area contributed by atoms with Crippen LogP contribution in [0.25, 0.3) is 22.0 Å². The summed E-state index contributed by atoms with van der Waals surface area (Å²) in [5.74, 6) is -1.32. The highest BCUT2D eigenvalue weighted by atomic mass is 28.3. The Bertz CT molecular complexity index is 1210. The van der Waals surface area contributed by atoms with Crippen molar-refractivity contribution in [3.8, 4) is 11.1 Å². The lowest BCUT2D eigenvalue weighted by atomic mass is 9.55. The van der Waals surface area contributed by atoms with Crippen LogP contribution in [0.5, 0.6) is 0 Å². The van der Waals surface area contributed by atoms with Crippen LogP contribution in [0.1, 0.15) is 66.6 Å². The second-order valence-corrected chi connectivity index (χ2v) is 13.2. The largest absolute Gasteiger partial charge is 0.479 e. The van der Waals surface area contributed by atoms with Gasteiger partial charge in [-0.3, -0.25) is 0 Å². The van der Waals surface area contributed by atoms with Crippen molar-refractivity contribution in [1.29, 1.82) is 0 Å². The van der Waals surface area contributed by atoms with Crippen molar-refractivity contribution in [1.82, 2.24) is 4.57 Å². The predicted octanol–water partition coefficient (Wildman–Crippen LogP) is 8.04. The minimum absolute atomic E-state index is 0.0307. The number of carboxylic acids is 1. The molecule has 3 aromatic rings. The van der Waals surface area contributed by atoms with Gasteiger partial charge in [-0.1, -0.05) is 65.0 Å². The second kappa shape index (κ2) is 9.55. The molecule has 35 heavy (non-hydrogen) atoms. The molecule has 0 aliphatic rings. The molecular formula is C29H39FNO3Si. The van der Waals surface area contributed by atoms with Gasteiger partial charge in [0.1, 0.15) is 5.82 Å².